The van der Waals surface area contributed by atoms with Gasteiger partial charge in [-0.05, 0) is 30.7 Å². The molecule has 0 radical (unpaired) electrons. The maximum atomic E-state index is 13.1. The van der Waals surface area contributed by atoms with Gasteiger partial charge in [-0.3, -0.25) is 14.2 Å². The molecule has 0 saturated heterocycles. The summed E-state index contributed by atoms with van der Waals surface area (Å²) >= 11 is 1.48. The summed E-state index contributed by atoms with van der Waals surface area (Å²) in [5, 5.41) is 8.11. The average molecular weight is 446 g/mol. The van der Waals surface area contributed by atoms with Gasteiger partial charge in [0.2, 0.25) is 0 Å². The lowest BCUT2D eigenvalue weighted by Crippen LogP contribution is -2.36. The zero-order valence-corrected chi connectivity index (χ0v) is 17.5. The Kier molecular flexibility index (Phi) is 4.40. The molecule has 4 aromatic rings. The highest BCUT2D eigenvalue weighted by molar-refractivity contribution is 7.16. The summed E-state index contributed by atoms with van der Waals surface area (Å²) in [7, 11) is 3.18. The molecule has 4 heterocycles. The van der Waals surface area contributed by atoms with E-state index < -0.39 is 11.9 Å². The van der Waals surface area contributed by atoms with Crippen LogP contribution in [0.25, 0.3) is 21.6 Å². The predicted octanol–water partition coefficient (Wildman–Crippen LogP) is 3.65. The number of aromatic nitrogens is 5. The molecule has 0 fully saturated rings. The number of fused-ring (bicyclic) bond motifs is 2. The topological polar surface area (TPSA) is 68.8 Å². The van der Waals surface area contributed by atoms with Crippen LogP contribution in [-0.4, -0.2) is 41.9 Å². The van der Waals surface area contributed by atoms with Crippen LogP contribution >= 0.6 is 11.3 Å². The van der Waals surface area contributed by atoms with Crippen molar-refractivity contribution in [3.05, 3.63) is 52.3 Å². The molecule has 5 rings (SSSR count). The molecule has 3 aromatic heterocycles. The highest BCUT2D eigenvalue weighted by Crippen LogP contribution is 2.35. The molecule has 1 amide bonds. The summed E-state index contributed by atoms with van der Waals surface area (Å²) < 4.78 is 43.0. The third-order valence-corrected chi connectivity index (χ3v) is 6.27. The summed E-state index contributed by atoms with van der Waals surface area (Å²) in [5.41, 5.74) is 4.71. The first kappa shape index (κ1) is 19.7. The Balaban J connectivity index is 1.45. The smallest absolute Gasteiger partial charge is 0.332 e. The molecule has 0 aliphatic carbocycles. The quantitative estimate of drug-likeness (QED) is 0.472. The lowest BCUT2D eigenvalue weighted by Gasteiger charge is -2.26. The minimum absolute atomic E-state index is 0.104. The summed E-state index contributed by atoms with van der Waals surface area (Å²) in [6, 6.07) is 6.47. The van der Waals surface area contributed by atoms with Crippen molar-refractivity contribution in [2.24, 2.45) is 14.1 Å². The number of hydrogen-bond acceptors (Lipinski definition) is 5. The summed E-state index contributed by atoms with van der Waals surface area (Å²) in [5.74, 6) is -0.104. The number of benzene rings is 1. The number of amides is 1. The van der Waals surface area contributed by atoms with Crippen LogP contribution in [0.3, 0.4) is 0 Å². The van der Waals surface area contributed by atoms with Crippen LogP contribution in [0.1, 0.15) is 27.3 Å². The molecule has 0 bridgehead atoms. The molecule has 31 heavy (non-hydrogen) atoms. The number of hydrogen-bond donors (Lipinski definition) is 0. The first-order valence-corrected chi connectivity index (χ1v) is 10.4. The largest absolute Gasteiger partial charge is 0.435 e. The van der Waals surface area contributed by atoms with E-state index in [1.165, 1.54) is 23.1 Å². The first-order valence-electron chi connectivity index (χ1n) is 9.51. The van der Waals surface area contributed by atoms with Crippen molar-refractivity contribution in [3.8, 4) is 11.4 Å². The Hall–Kier alpha value is -3.21. The van der Waals surface area contributed by atoms with Crippen molar-refractivity contribution in [2.45, 2.75) is 19.1 Å². The Bertz CT molecular complexity index is 1320. The summed E-state index contributed by atoms with van der Waals surface area (Å²) in [6.45, 7) is 0.752. The van der Waals surface area contributed by atoms with Crippen molar-refractivity contribution in [3.63, 3.8) is 0 Å². The van der Waals surface area contributed by atoms with Crippen LogP contribution in [0.4, 0.5) is 13.2 Å². The lowest BCUT2D eigenvalue weighted by molar-refractivity contribution is -0.141. The molecule has 0 unspecified atom stereocenters. The second-order valence-electron chi connectivity index (χ2n) is 7.45. The van der Waals surface area contributed by atoms with Crippen LogP contribution in [-0.2, 0) is 33.2 Å². The number of halogens is 3. The van der Waals surface area contributed by atoms with Crippen molar-refractivity contribution in [1.29, 1.82) is 0 Å². The van der Waals surface area contributed by atoms with Gasteiger partial charge in [0.1, 0.15) is 0 Å². The van der Waals surface area contributed by atoms with Gasteiger partial charge in [0.15, 0.2) is 5.69 Å². The number of rotatable bonds is 2. The fraction of sp³-hybridized carbons (Fsp3) is 0.300. The zero-order chi connectivity index (χ0) is 21.9. The van der Waals surface area contributed by atoms with Gasteiger partial charge in [0, 0.05) is 31.8 Å². The maximum Gasteiger partial charge on any atom is 0.435 e. The van der Waals surface area contributed by atoms with Crippen LogP contribution in [0.5, 0.6) is 0 Å². The van der Waals surface area contributed by atoms with Gasteiger partial charge in [-0.1, -0.05) is 0 Å². The number of carbonyl (C=O) groups excluding carboxylic acids is 1. The van der Waals surface area contributed by atoms with Crippen LogP contribution in [0.2, 0.25) is 0 Å². The molecule has 0 N–H and O–H groups in total. The van der Waals surface area contributed by atoms with Crippen LogP contribution in [0, 0.1) is 0 Å². The van der Waals surface area contributed by atoms with Crippen molar-refractivity contribution in [1.82, 2.24) is 29.4 Å². The molecule has 1 aliphatic heterocycles. The molecule has 7 nitrogen and oxygen atoms in total. The monoisotopic (exact) mass is 446 g/mol. The van der Waals surface area contributed by atoms with E-state index in [2.05, 4.69) is 15.2 Å². The number of alkyl halides is 3. The third-order valence-electron chi connectivity index (χ3n) is 5.48. The van der Waals surface area contributed by atoms with E-state index in [0.717, 1.165) is 21.8 Å². The fourth-order valence-corrected chi connectivity index (χ4v) is 4.73. The van der Waals surface area contributed by atoms with E-state index in [0.29, 0.717) is 42.2 Å². The predicted molar refractivity (Wildman–Crippen MR) is 108 cm³/mol. The molecule has 11 heteroatoms. The Morgan fingerprint density at radius 2 is 1.94 bits per heavy atom. The molecular weight excluding hydrogens is 429 g/mol. The first-order chi connectivity index (χ1) is 14.7. The molecule has 0 saturated carbocycles. The number of aryl methyl sites for hydroxylation is 2. The SMILES string of the molecule is Cn1nc(C(F)(F)F)cc1-c1c2c(nn1C)CN(C(=O)c1ccc3ncsc3c1)CC2. The molecule has 1 aromatic carbocycles. The van der Waals surface area contributed by atoms with Gasteiger partial charge < -0.3 is 4.90 Å². The van der Waals surface area contributed by atoms with Gasteiger partial charge >= 0.3 is 6.18 Å². The van der Waals surface area contributed by atoms with Crippen molar-refractivity contribution >= 4 is 27.5 Å². The van der Waals surface area contributed by atoms with E-state index in [-0.39, 0.29) is 5.91 Å². The third kappa shape index (κ3) is 3.29. The van der Waals surface area contributed by atoms with E-state index in [4.69, 9.17) is 0 Å². The van der Waals surface area contributed by atoms with Crippen molar-refractivity contribution < 1.29 is 18.0 Å². The van der Waals surface area contributed by atoms with E-state index in [9.17, 15) is 18.0 Å². The fourth-order valence-electron chi connectivity index (χ4n) is 4.01. The average Bonchev–Trinajstić information content (AvgIpc) is 3.41. The van der Waals surface area contributed by atoms with E-state index in [1.807, 2.05) is 12.1 Å². The second-order valence-corrected chi connectivity index (χ2v) is 8.33. The normalized spacial score (nSPS) is 14.3. The minimum atomic E-state index is -4.52. The standard InChI is InChI=1S/C20H17F3N6OS/c1-27-15(8-17(26-27)20(21,22)23)18-12-5-6-29(9-14(12)25-28(18)2)19(30)11-3-4-13-16(7-11)31-10-24-13/h3-4,7-8,10H,5-6,9H2,1-2H3. The number of nitrogens with zero attached hydrogens (tertiary/aromatic N) is 6. The Morgan fingerprint density at radius 1 is 1.13 bits per heavy atom. The van der Waals surface area contributed by atoms with Gasteiger partial charge in [0.25, 0.3) is 5.91 Å². The maximum absolute atomic E-state index is 13.1. The Morgan fingerprint density at radius 3 is 2.68 bits per heavy atom. The lowest BCUT2D eigenvalue weighted by atomic mass is 10.0. The van der Waals surface area contributed by atoms with Crippen molar-refractivity contribution in [2.75, 3.05) is 6.54 Å². The molecule has 0 atom stereocenters. The highest BCUT2D eigenvalue weighted by atomic mass is 32.1. The Labute approximate surface area is 178 Å². The van der Waals surface area contributed by atoms with Gasteiger partial charge in [-0.25, -0.2) is 4.98 Å². The molecule has 1 aliphatic rings. The van der Waals surface area contributed by atoms with Gasteiger partial charge in [-0.2, -0.15) is 23.4 Å². The van der Waals surface area contributed by atoms with Gasteiger partial charge in [0.05, 0.1) is 39.4 Å². The van der Waals surface area contributed by atoms with Gasteiger partial charge in [-0.15, -0.1) is 11.3 Å². The molecular formula is C20H17F3N6OS. The van der Waals surface area contributed by atoms with Crippen LogP contribution < -0.4 is 0 Å². The van der Waals surface area contributed by atoms with Crippen LogP contribution in [0.15, 0.2) is 29.8 Å². The van der Waals surface area contributed by atoms with E-state index >= 15 is 0 Å². The zero-order valence-electron chi connectivity index (χ0n) is 16.6. The summed E-state index contributed by atoms with van der Waals surface area (Å²) in [6.07, 6.45) is -4.02. The molecule has 160 valence electrons. The summed E-state index contributed by atoms with van der Waals surface area (Å²) in [4.78, 5) is 19.0. The highest BCUT2D eigenvalue weighted by Gasteiger charge is 2.36. The molecule has 0 spiro atoms. The number of thiazole rings is 1. The van der Waals surface area contributed by atoms with E-state index in [1.54, 1.807) is 28.2 Å². The minimum Gasteiger partial charge on any atom is -0.332 e. The number of carbonyl (C=O) groups is 1. The second kappa shape index (κ2) is 6.91.